The average Bonchev–Trinajstić information content (AvgIpc) is 2.78. The Kier molecular flexibility index (Phi) is 4.61. The van der Waals surface area contributed by atoms with Crippen LogP contribution in [0.25, 0.3) is 0 Å². The number of halogens is 1. The van der Waals surface area contributed by atoms with Gasteiger partial charge in [0.05, 0.1) is 32.1 Å². The van der Waals surface area contributed by atoms with Gasteiger partial charge in [-0.15, -0.1) is 0 Å². The molecule has 0 spiro atoms. The van der Waals surface area contributed by atoms with E-state index in [0.717, 1.165) is 52.8 Å². The van der Waals surface area contributed by atoms with Gasteiger partial charge >= 0.3 is 0 Å². The topological polar surface area (TPSA) is 22.9 Å². The van der Waals surface area contributed by atoms with Crippen molar-refractivity contribution in [1.29, 1.82) is 0 Å². The third kappa shape index (κ3) is 3.35. The lowest BCUT2D eigenvalue weighted by atomic mass is 9.87. The lowest BCUT2D eigenvalue weighted by molar-refractivity contribution is -0.886. The number of hydrogen-bond donors (Lipinski definition) is 1. The molecule has 1 saturated heterocycles. The van der Waals surface area contributed by atoms with Crippen molar-refractivity contribution in [3.8, 4) is 11.5 Å². The molecule has 1 fully saturated rings. The fraction of sp³-hybridized carbons (Fsp3) is 0.400. The molecular weight excluding hydrogens is 337 g/mol. The molecule has 2 aliphatic heterocycles. The fourth-order valence-electron chi connectivity index (χ4n) is 3.73. The Hall–Kier alpha value is -1.72. The molecule has 5 heteroatoms. The molecule has 0 aromatic heterocycles. The molecule has 2 aromatic rings. The van der Waals surface area contributed by atoms with Crippen LogP contribution in [0.15, 0.2) is 46.2 Å². The number of hydrogen-bond acceptors (Lipinski definition) is 3. The van der Waals surface area contributed by atoms with Gasteiger partial charge in [-0.1, -0.05) is 11.8 Å². The molecular formula is C20H23FNO2S+. The number of piperidine rings is 1. The number of ether oxygens (including phenoxy) is 2. The Morgan fingerprint density at radius 3 is 2.68 bits per heavy atom. The normalized spacial score (nSPS) is 25.3. The monoisotopic (exact) mass is 360 g/mol. The average molecular weight is 360 g/mol. The van der Waals surface area contributed by atoms with Crippen LogP contribution in [-0.2, 0) is 0 Å². The highest BCUT2D eigenvalue weighted by atomic mass is 32.2. The zero-order valence-electron chi connectivity index (χ0n) is 14.5. The van der Waals surface area contributed by atoms with Crippen LogP contribution in [0.5, 0.6) is 11.5 Å². The Balaban J connectivity index is 1.77. The molecule has 2 aliphatic rings. The van der Waals surface area contributed by atoms with Crippen molar-refractivity contribution in [2.45, 2.75) is 28.7 Å². The Morgan fingerprint density at radius 1 is 1.12 bits per heavy atom. The maximum atomic E-state index is 13.7. The van der Waals surface area contributed by atoms with E-state index in [0.29, 0.717) is 5.92 Å². The van der Waals surface area contributed by atoms with Gasteiger partial charge in [-0.2, -0.15) is 0 Å². The summed E-state index contributed by atoms with van der Waals surface area (Å²) < 4.78 is 25.6. The summed E-state index contributed by atoms with van der Waals surface area (Å²) >= 11 is 1.58. The highest BCUT2D eigenvalue weighted by molar-refractivity contribution is 7.99. The minimum absolute atomic E-state index is 0.0163. The van der Waals surface area contributed by atoms with E-state index in [-0.39, 0.29) is 11.9 Å². The number of likely N-dealkylation sites (tertiary alicyclic amines) is 1. The molecule has 0 unspecified atom stereocenters. The second-order valence-corrected chi connectivity index (χ2v) is 8.01. The van der Waals surface area contributed by atoms with Gasteiger partial charge in [0.2, 0.25) is 0 Å². The summed E-state index contributed by atoms with van der Waals surface area (Å²) in [6.07, 6.45) is 2.25. The summed E-state index contributed by atoms with van der Waals surface area (Å²) in [5.74, 6) is 1.85. The van der Waals surface area contributed by atoms with E-state index in [1.54, 1.807) is 35.9 Å². The van der Waals surface area contributed by atoms with E-state index >= 15 is 0 Å². The first-order valence-corrected chi connectivity index (χ1v) is 9.59. The van der Waals surface area contributed by atoms with Crippen molar-refractivity contribution in [3.63, 3.8) is 0 Å². The maximum Gasteiger partial charge on any atom is 0.134 e. The number of methoxy groups -OCH3 is 1. The minimum Gasteiger partial charge on any atom is -0.497 e. The van der Waals surface area contributed by atoms with Crippen molar-refractivity contribution in [2.24, 2.45) is 5.92 Å². The van der Waals surface area contributed by atoms with Crippen LogP contribution in [0.3, 0.4) is 0 Å². The molecule has 132 valence electrons. The molecule has 0 bridgehead atoms. The second kappa shape index (κ2) is 6.89. The molecule has 2 aromatic carbocycles. The van der Waals surface area contributed by atoms with Crippen LogP contribution in [0.1, 0.15) is 24.5 Å². The summed E-state index contributed by atoms with van der Waals surface area (Å²) in [6, 6.07) is 10.9. The van der Waals surface area contributed by atoms with E-state index in [1.165, 1.54) is 6.07 Å². The molecule has 0 amide bonds. The molecule has 4 rings (SSSR count). The van der Waals surface area contributed by atoms with Gasteiger partial charge in [0.25, 0.3) is 0 Å². The van der Waals surface area contributed by atoms with Crippen LogP contribution in [0.2, 0.25) is 0 Å². The molecule has 0 radical (unpaired) electrons. The Labute approximate surface area is 152 Å². The lowest BCUT2D eigenvalue weighted by Gasteiger charge is -2.33. The summed E-state index contributed by atoms with van der Waals surface area (Å²) in [4.78, 5) is 3.54. The van der Waals surface area contributed by atoms with Crippen molar-refractivity contribution in [3.05, 3.63) is 47.8 Å². The quantitative estimate of drug-likeness (QED) is 0.888. The molecule has 3 nitrogen and oxygen atoms in total. The highest BCUT2D eigenvalue weighted by Crippen LogP contribution is 2.48. The van der Waals surface area contributed by atoms with Crippen LogP contribution < -0.4 is 14.4 Å². The van der Waals surface area contributed by atoms with E-state index in [9.17, 15) is 4.39 Å². The van der Waals surface area contributed by atoms with Crippen LogP contribution >= 0.6 is 11.8 Å². The molecule has 0 saturated carbocycles. The van der Waals surface area contributed by atoms with Crippen LogP contribution in [-0.4, -0.2) is 27.2 Å². The van der Waals surface area contributed by atoms with Crippen molar-refractivity contribution in [1.82, 2.24) is 0 Å². The van der Waals surface area contributed by atoms with E-state index in [2.05, 4.69) is 19.2 Å². The van der Waals surface area contributed by atoms with Crippen molar-refractivity contribution >= 4 is 11.8 Å². The first-order chi connectivity index (χ1) is 12.1. The van der Waals surface area contributed by atoms with Crippen molar-refractivity contribution < 1.29 is 18.8 Å². The SMILES string of the molecule is COc1ccc2c(c1)[C@H](C1CC[NH+](C)CC1)Oc1ccc(F)cc1S2. The molecule has 0 aliphatic carbocycles. The largest absolute Gasteiger partial charge is 0.497 e. The lowest BCUT2D eigenvalue weighted by Crippen LogP contribution is -3.10. The van der Waals surface area contributed by atoms with Gasteiger partial charge in [-0.3, -0.25) is 0 Å². The zero-order chi connectivity index (χ0) is 17.4. The molecule has 1 N–H and O–H groups in total. The predicted molar refractivity (Wildman–Crippen MR) is 96.2 cm³/mol. The molecule has 2 heterocycles. The second-order valence-electron chi connectivity index (χ2n) is 6.93. The third-order valence-electron chi connectivity index (χ3n) is 5.22. The van der Waals surface area contributed by atoms with Gasteiger partial charge in [0.15, 0.2) is 0 Å². The van der Waals surface area contributed by atoms with Gasteiger partial charge in [0, 0.05) is 29.2 Å². The predicted octanol–water partition coefficient (Wildman–Crippen LogP) is 3.34. The number of benzene rings is 2. The van der Waals surface area contributed by atoms with Gasteiger partial charge < -0.3 is 14.4 Å². The third-order valence-corrected chi connectivity index (χ3v) is 6.35. The first-order valence-electron chi connectivity index (χ1n) is 8.77. The number of quaternary nitrogens is 1. The number of fused-ring (bicyclic) bond motifs is 2. The summed E-state index contributed by atoms with van der Waals surface area (Å²) in [5.41, 5.74) is 1.16. The van der Waals surface area contributed by atoms with Gasteiger partial charge in [-0.05, 0) is 36.4 Å². The van der Waals surface area contributed by atoms with Crippen LogP contribution in [0.4, 0.5) is 4.39 Å². The van der Waals surface area contributed by atoms with Crippen LogP contribution in [0, 0.1) is 11.7 Å². The molecule has 25 heavy (non-hydrogen) atoms. The van der Waals surface area contributed by atoms with Gasteiger partial charge in [0.1, 0.15) is 23.4 Å². The van der Waals surface area contributed by atoms with E-state index in [1.807, 2.05) is 6.07 Å². The summed E-state index contributed by atoms with van der Waals surface area (Å²) in [5, 5.41) is 0. The molecule has 1 atom stereocenters. The standard InChI is InChI=1S/C20H22FNO2S/c1-22-9-7-13(8-10-22)20-16-12-15(23-2)4-6-18(16)25-19-11-14(21)3-5-17(19)24-20/h3-6,11-13,20H,7-10H2,1-2H3/p+1/t20-/m0/s1. The maximum absolute atomic E-state index is 13.7. The minimum atomic E-state index is -0.230. The van der Waals surface area contributed by atoms with Gasteiger partial charge in [-0.25, -0.2) is 4.39 Å². The summed E-state index contributed by atoms with van der Waals surface area (Å²) in [7, 11) is 3.93. The smallest absolute Gasteiger partial charge is 0.134 e. The Morgan fingerprint density at radius 2 is 1.92 bits per heavy atom. The van der Waals surface area contributed by atoms with E-state index < -0.39 is 0 Å². The van der Waals surface area contributed by atoms with E-state index in [4.69, 9.17) is 9.47 Å². The zero-order valence-corrected chi connectivity index (χ0v) is 15.4. The summed E-state index contributed by atoms with van der Waals surface area (Å²) in [6.45, 7) is 2.32. The highest BCUT2D eigenvalue weighted by Gasteiger charge is 2.34. The Bertz CT molecular complexity index is 774. The first kappa shape index (κ1) is 16.7. The van der Waals surface area contributed by atoms with Crippen molar-refractivity contribution in [2.75, 3.05) is 27.2 Å². The fourth-order valence-corrected chi connectivity index (χ4v) is 4.79. The number of rotatable bonds is 2. The number of nitrogens with one attached hydrogen (secondary N) is 1.